The van der Waals surface area contributed by atoms with Crippen LogP contribution in [0.25, 0.3) is 0 Å². The van der Waals surface area contributed by atoms with Gasteiger partial charge in [0.15, 0.2) is 6.10 Å². The minimum atomic E-state index is -4.33. The molecule has 1 aromatic heterocycles. The fourth-order valence-electron chi connectivity index (χ4n) is 3.57. The molecule has 1 amide bonds. The first-order valence-corrected chi connectivity index (χ1v) is 10.5. The molecule has 1 fully saturated rings. The number of hydrogen-bond donors (Lipinski definition) is 2. The van der Waals surface area contributed by atoms with Gasteiger partial charge in [-0.3, -0.25) is 9.69 Å². The number of hydrogen-bond acceptors (Lipinski definition) is 6. The topological polar surface area (TPSA) is 93.4 Å². The number of amides is 1. The van der Waals surface area contributed by atoms with E-state index < -0.39 is 17.8 Å². The normalized spacial score (nSPS) is 16.6. The molecule has 0 aliphatic carbocycles. The van der Waals surface area contributed by atoms with E-state index in [1.807, 2.05) is 0 Å². The number of nitrogens with one attached hydrogen (secondary N) is 1. The number of nitrogen functional groups attached to an aromatic ring is 1. The van der Waals surface area contributed by atoms with Crippen LogP contribution < -0.4 is 15.8 Å². The smallest absolute Gasteiger partial charge is 0.416 e. The summed E-state index contributed by atoms with van der Waals surface area (Å²) in [5, 5.41) is 2.99. The Morgan fingerprint density at radius 1 is 1.19 bits per heavy atom. The summed E-state index contributed by atoms with van der Waals surface area (Å²) in [4.78, 5) is 23.0. The van der Waals surface area contributed by atoms with Gasteiger partial charge in [0.25, 0.3) is 5.91 Å². The number of nitrogens with zero attached hydrogens (tertiary/aromatic N) is 3. The van der Waals surface area contributed by atoms with Crippen LogP contribution in [0.2, 0.25) is 0 Å². The maximum Gasteiger partial charge on any atom is 0.416 e. The van der Waals surface area contributed by atoms with Gasteiger partial charge in [-0.25, -0.2) is 0 Å². The van der Waals surface area contributed by atoms with Gasteiger partial charge in [-0.05, 0) is 51.3 Å². The molecule has 1 aliphatic rings. The minimum Gasteiger partial charge on any atom is -0.450 e. The summed E-state index contributed by atoms with van der Waals surface area (Å²) < 4.78 is 43.7. The molecule has 2 heterocycles. The lowest BCUT2D eigenvalue weighted by Gasteiger charge is -2.32. The number of carbonyl (C=O) groups is 1. The number of nitrogens with two attached hydrogens (primary N) is 1. The zero-order valence-corrected chi connectivity index (χ0v) is 18.4. The van der Waals surface area contributed by atoms with Gasteiger partial charge in [0.2, 0.25) is 0 Å². The molecule has 174 valence electrons. The molecule has 1 aliphatic heterocycles. The molecule has 2 aromatic rings. The molecule has 1 aromatic carbocycles. The van der Waals surface area contributed by atoms with Crippen molar-refractivity contribution in [3.8, 4) is 6.01 Å². The molecule has 0 saturated carbocycles. The van der Waals surface area contributed by atoms with E-state index in [0.29, 0.717) is 23.6 Å². The quantitative estimate of drug-likeness (QED) is 0.701. The summed E-state index contributed by atoms with van der Waals surface area (Å²) in [6.45, 7) is 7.19. The van der Waals surface area contributed by atoms with Crippen LogP contribution in [0.5, 0.6) is 6.01 Å². The van der Waals surface area contributed by atoms with Crippen molar-refractivity contribution in [2.24, 2.45) is 0 Å². The largest absolute Gasteiger partial charge is 0.450 e. The van der Waals surface area contributed by atoms with Crippen LogP contribution >= 0.6 is 0 Å². The average Bonchev–Trinajstić information content (AvgIpc) is 2.73. The van der Waals surface area contributed by atoms with Crippen molar-refractivity contribution in [2.75, 3.05) is 18.8 Å². The first kappa shape index (κ1) is 23.8. The van der Waals surface area contributed by atoms with Crippen LogP contribution in [-0.2, 0) is 17.5 Å². The number of ether oxygens (including phenoxy) is 1. The van der Waals surface area contributed by atoms with E-state index in [-0.39, 0.29) is 18.0 Å². The molecule has 1 saturated heterocycles. The lowest BCUT2D eigenvalue weighted by Crippen LogP contribution is -2.48. The van der Waals surface area contributed by atoms with Crippen LogP contribution in [0.4, 0.5) is 18.9 Å². The number of aromatic nitrogens is 2. The Bertz CT molecular complexity index is 919. The van der Waals surface area contributed by atoms with Gasteiger partial charge < -0.3 is 15.8 Å². The second kappa shape index (κ2) is 9.72. The Labute approximate surface area is 185 Å². The van der Waals surface area contributed by atoms with Crippen LogP contribution in [0.15, 0.2) is 24.3 Å². The predicted molar refractivity (Wildman–Crippen MR) is 114 cm³/mol. The number of halogens is 3. The average molecular weight is 451 g/mol. The maximum absolute atomic E-state index is 12.7. The number of aryl methyl sites for hydroxylation is 2. The number of alkyl halides is 3. The third-order valence-corrected chi connectivity index (χ3v) is 5.58. The van der Waals surface area contributed by atoms with Crippen molar-refractivity contribution in [3.05, 3.63) is 46.8 Å². The molecule has 0 spiro atoms. The second-order valence-electron chi connectivity index (χ2n) is 8.10. The standard InChI is InChI=1S/C22H28F3N5O2/c1-13-19(26)14(2)28-21(27-13)32-15(3)20(31)29-18-8-10-30(11-9-18)12-16-4-6-17(7-5-16)22(23,24)25/h4-7,15,18H,8-12,26H2,1-3H3,(H,29,31). The van der Waals surface area contributed by atoms with Crippen LogP contribution in [0, 0.1) is 13.8 Å². The van der Waals surface area contributed by atoms with E-state index in [4.69, 9.17) is 10.5 Å². The monoisotopic (exact) mass is 451 g/mol. The molecular weight excluding hydrogens is 423 g/mol. The number of benzene rings is 1. The molecule has 0 bridgehead atoms. The molecular formula is C22H28F3N5O2. The van der Waals surface area contributed by atoms with Crippen molar-refractivity contribution in [1.82, 2.24) is 20.2 Å². The van der Waals surface area contributed by atoms with Crippen LogP contribution in [-0.4, -0.2) is 46.0 Å². The van der Waals surface area contributed by atoms with Crippen molar-refractivity contribution in [1.29, 1.82) is 0 Å². The third kappa shape index (κ3) is 6.09. The summed E-state index contributed by atoms with van der Waals surface area (Å²) in [5.41, 5.74) is 7.72. The molecule has 1 unspecified atom stereocenters. The molecule has 0 radical (unpaired) electrons. The Morgan fingerprint density at radius 2 is 1.75 bits per heavy atom. The van der Waals surface area contributed by atoms with Crippen LogP contribution in [0.1, 0.15) is 42.3 Å². The van der Waals surface area contributed by atoms with Crippen molar-refractivity contribution < 1.29 is 22.7 Å². The summed E-state index contributed by atoms with van der Waals surface area (Å²) in [7, 11) is 0. The third-order valence-electron chi connectivity index (χ3n) is 5.58. The Morgan fingerprint density at radius 3 is 2.28 bits per heavy atom. The van der Waals surface area contributed by atoms with Gasteiger partial charge >= 0.3 is 12.2 Å². The van der Waals surface area contributed by atoms with Gasteiger partial charge in [-0.1, -0.05) is 12.1 Å². The predicted octanol–water partition coefficient (Wildman–Crippen LogP) is 3.24. The zero-order valence-electron chi connectivity index (χ0n) is 18.4. The SMILES string of the molecule is Cc1nc(OC(C)C(=O)NC2CCN(Cc3ccc(C(F)(F)F)cc3)CC2)nc(C)c1N. The lowest BCUT2D eigenvalue weighted by atomic mass is 10.0. The van der Waals surface area contributed by atoms with E-state index >= 15 is 0 Å². The highest BCUT2D eigenvalue weighted by Crippen LogP contribution is 2.29. The van der Waals surface area contributed by atoms with E-state index in [1.54, 1.807) is 20.8 Å². The molecule has 32 heavy (non-hydrogen) atoms. The highest BCUT2D eigenvalue weighted by molar-refractivity contribution is 5.80. The van der Waals surface area contributed by atoms with E-state index in [0.717, 1.165) is 43.6 Å². The van der Waals surface area contributed by atoms with Crippen molar-refractivity contribution in [2.45, 2.75) is 58.5 Å². The zero-order chi connectivity index (χ0) is 23.5. The Hall–Kier alpha value is -2.88. The summed E-state index contributed by atoms with van der Waals surface area (Å²) in [6, 6.07) is 5.36. The van der Waals surface area contributed by atoms with E-state index in [1.165, 1.54) is 12.1 Å². The minimum absolute atomic E-state index is 0.00761. The molecule has 10 heteroatoms. The number of likely N-dealkylation sites (tertiary alicyclic amines) is 1. The number of piperidine rings is 1. The Balaban J connectivity index is 1.45. The highest BCUT2D eigenvalue weighted by Gasteiger charge is 2.30. The Kier molecular flexibility index (Phi) is 7.22. The van der Waals surface area contributed by atoms with Crippen molar-refractivity contribution >= 4 is 11.6 Å². The number of anilines is 1. The fourth-order valence-corrected chi connectivity index (χ4v) is 3.57. The fraction of sp³-hybridized carbons (Fsp3) is 0.500. The van der Waals surface area contributed by atoms with Gasteiger partial charge in [0, 0.05) is 25.7 Å². The first-order chi connectivity index (χ1) is 15.0. The van der Waals surface area contributed by atoms with Gasteiger partial charge in [-0.2, -0.15) is 23.1 Å². The lowest BCUT2D eigenvalue weighted by molar-refractivity contribution is -0.137. The molecule has 3 rings (SSSR count). The van der Waals surface area contributed by atoms with Crippen LogP contribution in [0.3, 0.4) is 0 Å². The summed E-state index contributed by atoms with van der Waals surface area (Å²) in [6.07, 6.45) is -3.60. The van der Waals surface area contributed by atoms with Gasteiger partial charge in [0.05, 0.1) is 22.6 Å². The first-order valence-electron chi connectivity index (χ1n) is 10.5. The second-order valence-corrected chi connectivity index (χ2v) is 8.10. The molecule has 1 atom stereocenters. The highest BCUT2D eigenvalue weighted by atomic mass is 19.4. The van der Waals surface area contributed by atoms with Gasteiger partial charge in [0.1, 0.15) is 0 Å². The number of carbonyl (C=O) groups excluding carboxylic acids is 1. The summed E-state index contributed by atoms with van der Waals surface area (Å²) >= 11 is 0. The molecule has 3 N–H and O–H groups in total. The molecule has 7 nitrogen and oxygen atoms in total. The van der Waals surface area contributed by atoms with E-state index in [2.05, 4.69) is 20.2 Å². The number of rotatable bonds is 6. The maximum atomic E-state index is 12.7. The summed E-state index contributed by atoms with van der Waals surface area (Å²) in [5.74, 6) is -0.248. The van der Waals surface area contributed by atoms with Crippen molar-refractivity contribution in [3.63, 3.8) is 0 Å². The van der Waals surface area contributed by atoms with E-state index in [9.17, 15) is 18.0 Å². The van der Waals surface area contributed by atoms with Gasteiger partial charge in [-0.15, -0.1) is 0 Å².